The minimum atomic E-state index is -3.67. The molecule has 1 aromatic carbocycles. The molecule has 18 heavy (non-hydrogen) atoms. The Morgan fingerprint density at radius 3 is 2.06 bits per heavy atom. The lowest BCUT2D eigenvalue weighted by Gasteiger charge is -2.27. The van der Waals surface area contributed by atoms with Crippen molar-refractivity contribution in [2.45, 2.75) is 4.90 Å². The fourth-order valence-corrected chi connectivity index (χ4v) is 4.72. The normalized spacial score (nSPS) is 17.9. The summed E-state index contributed by atoms with van der Waals surface area (Å²) in [5.74, 6) is 0. The third-order valence-electron chi connectivity index (χ3n) is 2.64. The maximum Gasteiger partial charge on any atom is 0.246 e. The molecule has 1 aliphatic heterocycles. The molecule has 8 heteroatoms. The summed E-state index contributed by atoms with van der Waals surface area (Å²) in [6, 6.07) is 2.76. The van der Waals surface area contributed by atoms with E-state index in [0.717, 1.165) is 0 Å². The van der Waals surface area contributed by atoms with Gasteiger partial charge in [0.05, 0.1) is 10.0 Å². The van der Waals surface area contributed by atoms with E-state index in [1.165, 1.54) is 16.4 Å². The van der Waals surface area contributed by atoms with E-state index in [-0.39, 0.29) is 14.9 Å². The molecule has 1 saturated heterocycles. The summed E-state index contributed by atoms with van der Waals surface area (Å²) >= 11 is 17.7. The van der Waals surface area contributed by atoms with E-state index in [9.17, 15) is 8.42 Å². The van der Waals surface area contributed by atoms with Crippen molar-refractivity contribution in [3.05, 3.63) is 27.2 Å². The molecule has 1 fully saturated rings. The van der Waals surface area contributed by atoms with Crippen molar-refractivity contribution in [3.63, 3.8) is 0 Å². The Morgan fingerprint density at radius 1 is 1.06 bits per heavy atom. The number of sulfonamides is 1. The molecule has 1 aliphatic rings. The number of piperazine rings is 1. The Balaban J connectivity index is 2.47. The minimum absolute atomic E-state index is 0.0473. The molecule has 0 radical (unpaired) electrons. The number of hydrogen-bond donors (Lipinski definition) is 1. The predicted octanol–water partition coefficient (Wildman–Crippen LogP) is 2.24. The van der Waals surface area contributed by atoms with Crippen LogP contribution >= 0.6 is 34.8 Å². The fraction of sp³-hybridized carbons (Fsp3) is 0.400. The van der Waals surface area contributed by atoms with E-state index >= 15 is 0 Å². The molecule has 0 spiro atoms. The van der Waals surface area contributed by atoms with Crippen LogP contribution in [0.5, 0.6) is 0 Å². The van der Waals surface area contributed by atoms with Crippen LogP contribution in [0.3, 0.4) is 0 Å². The zero-order valence-corrected chi connectivity index (χ0v) is 12.4. The Bertz CT molecular complexity index is 533. The van der Waals surface area contributed by atoms with E-state index in [1.54, 1.807) is 0 Å². The van der Waals surface area contributed by atoms with Crippen LogP contribution in [0.2, 0.25) is 15.1 Å². The molecule has 4 nitrogen and oxygen atoms in total. The molecule has 0 atom stereocenters. The van der Waals surface area contributed by atoms with Gasteiger partial charge < -0.3 is 5.32 Å². The van der Waals surface area contributed by atoms with E-state index in [4.69, 9.17) is 34.8 Å². The molecule has 100 valence electrons. The van der Waals surface area contributed by atoms with Crippen molar-refractivity contribution < 1.29 is 8.42 Å². The quantitative estimate of drug-likeness (QED) is 0.905. The lowest BCUT2D eigenvalue weighted by atomic mass is 10.4. The van der Waals surface area contributed by atoms with Crippen LogP contribution in [0.1, 0.15) is 0 Å². The minimum Gasteiger partial charge on any atom is -0.314 e. The molecule has 0 aliphatic carbocycles. The fourth-order valence-electron chi connectivity index (χ4n) is 1.79. The van der Waals surface area contributed by atoms with Crippen LogP contribution < -0.4 is 5.32 Å². The first-order valence-corrected chi connectivity index (χ1v) is 7.86. The van der Waals surface area contributed by atoms with Gasteiger partial charge in [0.25, 0.3) is 0 Å². The molecule has 1 heterocycles. The lowest BCUT2D eigenvalue weighted by molar-refractivity contribution is 0.360. The highest BCUT2D eigenvalue weighted by Gasteiger charge is 2.30. The Morgan fingerprint density at radius 2 is 1.56 bits per heavy atom. The second-order valence-corrected chi connectivity index (χ2v) is 6.98. The Labute approximate surface area is 121 Å². The number of hydrogen-bond acceptors (Lipinski definition) is 3. The van der Waals surface area contributed by atoms with Crippen molar-refractivity contribution in [1.29, 1.82) is 0 Å². The van der Waals surface area contributed by atoms with Crippen molar-refractivity contribution in [2.24, 2.45) is 0 Å². The highest BCUT2D eigenvalue weighted by atomic mass is 35.5. The van der Waals surface area contributed by atoms with Crippen LogP contribution in [0.15, 0.2) is 17.0 Å². The third kappa shape index (κ3) is 2.76. The summed E-state index contributed by atoms with van der Waals surface area (Å²) in [4.78, 5) is -0.0721. The van der Waals surface area contributed by atoms with Gasteiger partial charge in [-0.05, 0) is 12.1 Å². The number of nitrogens with zero attached hydrogens (tertiary/aromatic N) is 1. The zero-order valence-electron chi connectivity index (χ0n) is 9.29. The summed E-state index contributed by atoms with van der Waals surface area (Å²) in [6.07, 6.45) is 0. The van der Waals surface area contributed by atoms with Gasteiger partial charge in [0, 0.05) is 31.2 Å². The molecular formula is C10H11Cl3N2O2S. The van der Waals surface area contributed by atoms with Crippen molar-refractivity contribution in [3.8, 4) is 0 Å². The first-order chi connectivity index (χ1) is 8.43. The number of rotatable bonds is 2. The van der Waals surface area contributed by atoms with Gasteiger partial charge in [-0.25, -0.2) is 8.42 Å². The zero-order chi connectivity index (χ0) is 13.3. The number of halogens is 3. The molecule has 1 aromatic rings. The first-order valence-electron chi connectivity index (χ1n) is 5.28. The van der Waals surface area contributed by atoms with Crippen molar-refractivity contribution in [1.82, 2.24) is 9.62 Å². The Hall–Kier alpha value is -0.0400. The van der Waals surface area contributed by atoms with Crippen molar-refractivity contribution in [2.75, 3.05) is 26.2 Å². The van der Waals surface area contributed by atoms with E-state index < -0.39 is 10.0 Å². The number of nitrogens with one attached hydrogen (secondary N) is 1. The van der Waals surface area contributed by atoms with E-state index in [2.05, 4.69) is 5.32 Å². The number of benzene rings is 1. The lowest BCUT2D eigenvalue weighted by Crippen LogP contribution is -2.46. The van der Waals surface area contributed by atoms with Crippen LogP contribution in [-0.2, 0) is 10.0 Å². The van der Waals surface area contributed by atoms with Gasteiger partial charge in [-0.1, -0.05) is 34.8 Å². The molecule has 0 saturated carbocycles. The predicted molar refractivity (Wildman–Crippen MR) is 73.1 cm³/mol. The van der Waals surface area contributed by atoms with Crippen LogP contribution in [-0.4, -0.2) is 38.9 Å². The summed E-state index contributed by atoms with van der Waals surface area (Å²) < 4.78 is 26.2. The van der Waals surface area contributed by atoms with Gasteiger partial charge in [-0.2, -0.15) is 4.31 Å². The Kier molecular flexibility index (Phi) is 4.41. The van der Waals surface area contributed by atoms with E-state index in [0.29, 0.717) is 31.2 Å². The smallest absolute Gasteiger partial charge is 0.246 e. The molecule has 0 amide bonds. The van der Waals surface area contributed by atoms with Crippen LogP contribution in [0.25, 0.3) is 0 Å². The maximum atomic E-state index is 12.4. The van der Waals surface area contributed by atoms with Gasteiger partial charge in [-0.3, -0.25) is 0 Å². The summed E-state index contributed by atoms with van der Waals surface area (Å²) in [5.41, 5.74) is 0. The second-order valence-electron chi connectivity index (χ2n) is 3.85. The molecule has 0 aromatic heterocycles. The van der Waals surface area contributed by atoms with Gasteiger partial charge >= 0.3 is 0 Å². The van der Waals surface area contributed by atoms with Crippen molar-refractivity contribution >= 4 is 44.8 Å². The molecule has 0 unspecified atom stereocenters. The summed E-state index contributed by atoms with van der Waals surface area (Å²) in [5, 5.41) is 3.49. The average Bonchev–Trinajstić information content (AvgIpc) is 2.28. The van der Waals surface area contributed by atoms with E-state index in [1.807, 2.05) is 0 Å². The molecular weight excluding hydrogens is 319 g/mol. The highest BCUT2D eigenvalue weighted by Crippen LogP contribution is 2.34. The monoisotopic (exact) mass is 328 g/mol. The third-order valence-corrected chi connectivity index (χ3v) is 5.68. The summed E-state index contributed by atoms with van der Waals surface area (Å²) in [6.45, 7) is 2.03. The SMILES string of the molecule is O=S(=O)(c1c(Cl)cc(Cl)cc1Cl)N1CCNCC1. The van der Waals surface area contributed by atoms with Gasteiger partial charge in [0.1, 0.15) is 4.90 Å². The highest BCUT2D eigenvalue weighted by molar-refractivity contribution is 7.89. The molecule has 2 rings (SSSR count). The largest absolute Gasteiger partial charge is 0.314 e. The van der Waals surface area contributed by atoms with Gasteiger partial charge in [-0.15, -0.1) is 0 Å². The molecule has 1 N–H and O–H groups in total. The second kappa shape index (κ2) is 5.53. The first kappa shape index (κ1) is 14.4. The van der Waals surface area contributed by atoms with Gasteiger partial charge in [0.2, 0.25) is 10.0 Å². The van der Waals surface area contributed by atoms with Crippen LogP contribution in [0.4, 0.5) is 0 Å². The summed E-state index contributed by atoms with van der Waals surface area (Å²) in [7, 11) is -3.67. The van der Waals surface area contributed by atoms with Gasteiger partial charge in [0.15, 0.2) is 0 Å². The van der Waals surface area contributed by atoms with Crippen LogP contribution in [0, 0.1) is 0 Å². The average molecular weight is 330 g/mol. The molecule has 0 bridgehead atoms. The maximum absolute atomic E-state index is 12.4. The standard InChI is InChI=1S/C10H11Cl3N2O2S/c11-7-5-8(12)10(9(13)6-7)18(16,17)15-3-1-14-2-4-15/h5-6,14H,1-4H2. The topological polar surface area (TPSA) is 49.4 Å².